The molecule has 0 aromatic heterocycles. The molecule has 1 aliphatic heterocycles. The zero-order chi connectivity index (χ0) is 19.2. The second-order valence-electron chi connectivity index (χ2n) is 7.54. The van der Waals surface area contributed by atoms with E-state index in [4.69, 9.17) is 4.74 Å². The fourth-order valence-electron chi connectivity index (χ4n) is 3.93. The van der Waals surface area contributed by atoms with Crippen molar-refractivity contribution in [1.82, 2.24) is 10.2 Å². The topological polar surface area (TPSA) is 41.6 Å². The number of nitrogens with one attached hydrogen (secondary N) is 1. The van der Waals surface area contributed by atoms with E-state index in [2.05, 4.69) is 29.6 Å². The summed E-state index contributed by atoms with van der Waals surface area (Å²) in [5.74, 6) is 1.84. The minimum absolute atomic E-state index is 0.0892. The normalized spacial score (nSPS) is 20.1. The Labute approximate surface area is 171 Å². The summed E-state index contributed by atoms with van der Waals surface area (Å²) in [6, 6.07) is 18.8. The number of benzene rings is 2. The fraction of sp³-hybridized carbons (Fsp3) is 0.435. The van der Waals surface area contributed by atoms with Crippen LogP contribution in [0.4, 0.5) is 4.79 Å². The Bertz CT molecular complexity index is 760. The first kappa shape index (κ1) is 19.2. The quantitative estimate of drug-likeness (QED) is 0.740. The van der Waals surface area contributed by atoms with Crippen LogP contribution in [0.3, 0.4) is 0 Å². The van der Waals surface area contributed by atoms with E-state index >= 15 is 0 Å². The molecule has 1 saturated heterocycles. The van der Waals surface area contributed by atoms with Crippen LogP contribution < -0.4 is 10.1 Å². The Morgan fingerprint density at radius 2 is 1.79 bits per heavy atom. The van der Waals surface area contributed by atoms with Gasteiger partial charge in [-0.15, -0.1) is 11.8 Å². The predicted octanol–water partition coefficient (Wildman–Crippen LogP) is 5.36. The summed E-state index contributed by atoms with van der Waals surface area (Å²) in [7, 11) is 0. The summed E-state index contributed by atoms with van der Waals surface area (Å²) in [4.78, 5) is 14.8. The van der Waals surface area contributed by atoms with Crippen molar-refractivity contribution in [1.29, 1.82) is 0 Å². The van der Waals surface area contributed by atoms with Crippen LogP contribution in [-0.2, 0) is 6.61 Å². The molecule has 4 nitrogen and oxygen atoms in total. The maximum Gasteiger partial charge on any atom is 0.318 e. The van der Waals surface area contributed by atoms with Gasteiger partial charge in [0, 0.05) is 18.3 Å². The second kappa shape index (κ2) is 9.37. The van der Waals surface area contributed by atoms with E-state index in [1.165, 1.54) is 19.3 Å². The fourth-order valence-corrected chi connectivity index (χ4v) is 5.18. The molecule has 0 bridgehead atoms. The van der Waals surface area contributed by atoms with E-state index in [1.54, 1.807) is 0 Å². The van der Waals surface area contributed by atoms with Crippen LogP contribution in [0, 0.1) is 0 Å². The molecule has 2 aromatic carbocycles. The Hall–Kier alpha value is -2.14. The van der Waals surface area contributed by atoms with Gasteiger partial charge in [-0.2, -0.15) is 0 Å². The van der Waals surface area contributed by atoms with Crippen molar-refractivity contribution in [2.75, 3.05) is 12.3 Å². The number of amides is 2. The van der Waals surface area contributed by atoms with Gasteiger partial charge < -0.3 is 15.0 Å². The van der Waals surface area contributed by atoms with Crippen molar-refractivity contribution in [3.05, 3.63) is 65.7 Å². The highest BCUT2D eigenvalue weighted by molar-refractivity contribution is 7.99. The van der Waals surface area contributed by atoms with E-state index < -0.39 is 0 Å². The van der Waals surface area contributed by atoms with Crippen LogP contribution in [0.25, 0.3) is 0 Å². The van der Waals surface area contributed by atoms with Crippen LogP contribution in [0.15, 0.2) is 54.6 Å². The molecule has 1 saturated carbocycles. The SMILES string of the molecule is O=C(NC1CCCCC1)N1CCS[C@H]1c1ccc(OCc2ccccc2)cc1. The lowest BCUT2D eigenvalue weighted by Crippen LogP contribution is -2.45. The van der Waals surface area contributed by atoms with Gasteiger partial charge in [-0.1, -0.05) is 61.7 Å². The van der Waals surface area contributed by atoms with Crippen LogP contribution in [0.5, 0.6) is 5.75 Å². The lowest BCUT2D eigenvalue weighted by molar-refractivity contribution is 0.192. The minimum atomic E-state index is 0.0892. The van der Waals surface area contributed by atoms with Crippen LogP contribution in [0.1, 0.15) is 48.6 Å². The van der Waals surface area contributed by atoms with E-state index in [0.29, 0.717) is 12.6 Å². The van der Waals surface area contributed by atoms with Crippen molar-refractivity contribution in [3.8, 4) is 5.75 Å². The maximum absolute atomic E-state index is 12.8. The molecule has 1 N–H and O–H groups in total. The molecule has 0 unspecified atom stereocenters. The summed E-state index contributed by atoms with van der Waals surface area (Å²) < 4.78 is 5.88. The smallest absolute Gasteiger partial charge is 0.318 e. The van der Waals surface area contributed by atoms with Crippen LogP contribution in [0.2, 0.25) is 0 Å². The molecule has 2 aromatic rings. The number of thioether (sulfide) groups is 1. The number of hydrogen-bond donors (Lipinski definition) is 1. The lowest BCUT2D eigenvalue weighted by Gasteiger charge is -2.29. The number of urea groups is 1. The maximum atomic E-state index is 12.8. The highest BCUT2D eigenvalue weighted by atomic mass is 32.2. The molecule has 148 valence electrons. The van der Waals surface area contributed by atoms with Gasteiger partial charge in [-0.25, -0.2) is 4.79 Å². The highest BCUT2D eigenvalue weighted by Crippen LogP contribution is 2.38. The molecule has 2 aliphatic rings. The van der Waals surface area contributed by atoms with Crippen molar-refractivity contribution in [2.24, 2.45) is 0 Å². The lowest BCUT2D eigenvalue weighted by atomic mass is 9.96. The zero-order valence-electron chi connectivity index (χ0n) is 16.2. The summed E-state index contributed by atoms with van der Waals surface area (Å²) in [6.07, 6.45) is 5.99. The van der Waals surface area contributed by atoms with Crippen molar-refractivity contribution >= 4 is 17.8 Å². The second-order valence-corrected chi connectivity index (χ2v) is 8.73. The average Bonchev–Trinajstić information content (AvgIpc) is 3.24. The third-order valence-electron chi connectivity index (χ3n) is 5.50. The summed E-state index contributed by atoms with van der Waals surface area (Å²) in [5.41, 5.74) is 2.32. The van der Waals surface area contributed by atoms with Crippen molar-refractivity contribution in [2.45, 2.75) is 50.1 Å². The molecule has 1 atom stereocenters. The van der Waals surface area contributed by atoms with E-state index in [0.717, 1.165) is 42.0 Å². The van der Waals surface area contributed by atoms with E-state index in [-0.39, 0.29) is 11.4 Å². The van der Waals surface area contributed by atoms with E-state index in [9.17, 15) is 4.79 Å². The van der Waals surface area contributed by atoms with Gasteiger partial charge in [-0.3, -0.25) is 0 Å². The molecular formula is C23H28N2O2S. The molecule has 5 heteroatoms. The first-order valence-corrected chi connectivity index (χ1v) is 11.3. The minimum Gasteiger partial charge on any atom is -0.489 e. The first-order valence-electron chi connectivity index (χ1n) is 10.2. The largest absolute Gasteiger partial charge is 0.489 e. The number of ether oxygens (including phenoxy) is 1. The predicted molar refractivity (Wildman–Crippen MR) is 115 cm³/mol. The van der Waals surface area contributed by atoms with Crippen LogP contribution in [-0.4, -0.2) is 29.3 Å². The van der Waals surface area contributed by atoms with Gasteiger partial charge in [0.15, 0.2) is 0 Å². The molecule has 2 fully saturated rings. The van der Waals surface area contributed by atoms with Crippen molar-refractivity contribution in [3.63, 3.8) is 0 Å². The number of carbonyl (C=O) groups is 1. The number of carbonyl (C=O) groups excluding carboxylic acids is 1. The van der Waals surface area contributed by atoms with Gasteiger partial charge in [0.05, 0.1) is 0 Å². The Morgan fingerprint density at radius 1 is 1.04 bits per heavy atom. The van der Waals surface area contributed by atoms with Gasteiger partial charge in [0.25, 0.3) is 0 Å². The monoisotopic (exact) mass is 396 g/mol. The molecule has 1 heterocycles. The van der Waals surface area contributed by atoms with E-state index in [1.807, 2.05) is 47.0 Å². The molecular weight excluding hydrogens is 368 g/mol. The molecule has 1 aliphatic carbocycles. The summed E-state index contributed by atoms with van der Waals surface area (Å²) >= 11 is 1.83. The third kappa shape index (κ3) is 4.82. The number of nitrogens with zero attached hydrogens (tertiary/aromatic N) is 1. The molecule has 0 spiro atoms. The Kier molecular flexibility index (Phi) is 6.42. The summed E-state index contributed by atoms with van der Waals surface area (Å²) in [5, 5.41) is 3.35. The Morgan fingerprint density at radius 3 is 2.54 bits per heavy atom. The average molecular weight is 397 g/mol. The van der Waals surface area contributed by atoms with Gasteiger partial charge >= 0.3 is 6.03 Å². The zero-order valence-corrected chi connectivity index (χ0v) is 17.0. The number of rotatable bonds is 5. The van der Waals surface area contributed by atoms with Gasteiger partial charge in [-0.05, 0) is 36.1 Å². The Balaban J connectivity index is 1.35. The van der Waals surface area contributed by atoms with Gasteiger partial charge in [0.1, 0.15) is 17.7 Å². The highest BCUT2D eigenvalue weighted by Gasteiger charge is 2.31. The van der Waals surface area contributed by atoms with Crippen LogP contribution >= 0.6 is 11.8 Å². The standard InChI is InChI=1S/C23H28N2O2S/c26-23(24-20-9-5-2-6-10-20)25-15-16-28-22(25)19-11-13-21(14-12-19)27-17-18-7-3-1-4-8-18/h1,3-4,7-8,11-14,20,22H,2,5-6,9-10,15-17H2,(H,24,26)/t22-/m0/s1. The number of hydrogen-bond acceptors (Lipinski definition) is 3. The molecule has 28 heavy (non-hydrogen) atoms. The molecule has 0 radical (unpaired) electrons. The van der Waals surface area contributed by atoms with Gasteiger partial charge in [0.2, 0.25) is 0 Å². The summed E-state index contributed by atoms with van der Waals surface area (Å²) in [6.45, 7) is 1.37. The van der Waals surface area contributed by atoms with Crippen molar-refractivity contribution < 1.29 is 9.53 Å². The molecule has 2 amide bonds. The first-order chi connectivity index (χ1) is 13.8. The third-order valence-corrected chi connectivity index (χ3v) is 6.76. The molecule has 4 rings (SSSR count).